The SMILES string of the molecule is c1ccc2[nH]c(OC[C@H]3CCCCN3)nc2c1. The van der Waals surface area contributed by atoms with Crippen LogP contribution in [0.3, 0.4) is 0 Å². The van der Waals surface area contributed by atoms with Crippen LogP contribution in [0.25, 0.3) is 11.0 Å². The molecular formula is C13H17N3O. The van der Waals surface area contributed by atoms with Crippen LogP contribution in [0.1, 0.15) is 19.3 Å². The lowest BCUT2D eigenvalue weighted by molar-refractivity contribution is 0.226. The molecule has 17 heavy (non-hydrogen) atoms. The number of imidazole rings is 1. The summed E-state index contributed by atoms with van der Waals surface area (Å²) in [7, 11) is 0. The highest BCUT2D eigenvalue weighted by Gasteiger charge is 2.13. The molecule has 1 aromatic carbocycles. The third kappa shape index (κ3) is 2.42. The van der Waals surface area contributed by atoms with Crippen LogP contribution in [0.15, 0.2) is 24.3 Å². The number of aromatic amines is 1. The van der Waals surface area contributed by atoms with Gasteiger partial charge in [-0.3, -0.25) is 0 Å². The van der Waals surface area contributed by atoms with Crippen LogP contribution in [0.5, 0.6) is 6.01 Å². The Bertz CT molecular complexity index is 455. The van der Waals surface area contributed by atoms with Crippen LogP contribution in [-0.2, 0) is 0 Å². The second-order valence-corrected chi connectivity index (χ2v) is 4.52. The summed E-state index contributed by atoms with van der Waals surface area (Å²) < 4.78 is 5.70. The van der Waals surface area contributed by atoms with Crippen molar-refractivity contribution in [1.29, 1.82) is 0 Å². The monoisotopic (exact) mass is 231 g/mol. The lowest BCUT2D eigenvalue weighted by Gasteiger charge is -2.22. The van der Waals surface area contributed by atoms with E-state index in [9.17, 15) is 0 Å². The highest BCUT2D eigenvalue weighted by molar-refractivity contribution is 5.75. The van der Waals surface area contributed by atoms with Crippen LogP contribution < -0.4 is 10.1 Å². The average Bonchev–Trinajstić information content (AvgIpc) is 2.80. The molecule has 4 heteroatoms. The van der Waals surface area contributed by atoms with Crippen LogP contribution in [-0.4, -0.2) is 29.2 Å². The minimum Gasteiger partial charge on any atom is -0.463 e. The number of para-hydroxylation sites is 2. The van der Waals surface area contributed by atoms with Gasteiger partial charge in [-0.2, -0.15) is 4.98 Å². The van der Waals surface area contributed by atoms with E-state index in [2.05, 4.69) is 15.3 Å². The molecule has 1 aliphatic rings. The van der Waals surface area contributed by atoms with E-state index in [1.165, 1.54) is 19.3 Å². The molecule has 1 fully saturated rings. The summed E-state index contributed by atoms with van der Waals surface area (Å²) in [5.74, 6) is 0. The van der Waals surface area contributed by atoms with Gasteiger partial charge in [0.1, 0.15) is 6.61 Å². The third-order valence-electron chi connectivity index (χ3n) is 3.20. The summed E-state index contributed by atoms with van der Waals surface area (Å²) in [6.45, 7) is 1.80. The van der Waals surface area contributed by atoms with E-state index in [-0.39, 0.29) is 0 Å². The van der Waals surface area contributed by atoms with Gasteiger partial charge in [-0.05, 0) is 31.5 Å². The van der Waals surface area contributed by atoms with E-state index in [1.54, 1.807) is 0 Å². The van der Waals surface area contributed by atoms with Crippen LogP contribution in [0, 0.1) is 0 Å². The fourth-order valence-electron chi connectivity index (χ4n) is 2.24. The summed E-state index contributed by atoms with van der Waals surface area (Å²) in [4.78, 5) is 7.57. The zero-order chi connectivity index (χ0) is 11.5. The van der Waals surface area contributed by atoms with Gasteiger partial charge >= 0.3 is 0 Å². The first-order chi connectivity index (χ1) is 8.42. The van der Waals surface area contributed by atoms with Crippen molar-refractivity contribution in [2.75, 3.05) is 13.2 Å². The summed E-state index contributed by atoms with van der Waals surface area (Å²) in [5.41, 5.74) is 1.98. The summed E-state index contributed by atoms with van der Waals surface area (Å²) >= 11 is 0. The van der Waals surface area contributed by atoms with Gasteiger partial charge in [0.2, 0.25) is 0 Å². The number of hydrogen-bond acceptors (Lipinski definition) is 3. The second kappa shape index (κ2) is 4.75. The van der Waals surface area contributed by atoms with Crippen molar-refractivity contribution in [3.05, 3.63) is 24.3 Å². The molecule has 2 heterocycles. The number of nitrogens with one attached hydrogen (secondary N) is 2. The Morgan fingerprint density at radius 3 is 3.06 bits per heavy atom. The molecule has 0 unspecified atom stereocenters. The summed E-state index contributed by atoms with van der Waals surface area (Å²) in [6.07, 6.45) is 3.77. The predicted octanol–water partition coefficient (Wildman–Crippen LogP) is 2.08. The van der Waals surface area contributed by atoms with Gasteiger partial charge in [-0.1, -0.05) is 18.6 Å². The van der Waals surface area contributed by atoms with E-state index in [1.807, 2.05) is 24.3 Å². The highest BCUT2D eigenvalue weighted by Crippen LogP contribution is 2.15. The zero-order valence-electron chi connectivity index (χ0n) is 9.78. The van der Waals surface area contributed by atoms with Gasteiger partial charge in [0.05, 0.1) is 11.0 Å². The van der Waals surface area contributed by atoms with Crippen molar-refractivity contribution in [3.8, 4) is 6.01 Å². The molecule has 1 aromatic heterocycles. The smallest absolute Gasteiger partial charge is 0.294 e. The molecule has 0 bridgehead atoms. The highest BCUT2D eigenvalue weighted by atomic mass is 16.5. The van der Waals surface area contributed by atoms with E-state index < -0.39 is 0 Å². The number of ether oxygens (including phenoxy) is 1. The fraction of sp³-hybridized carbons (Fsp3) is 0.462. The number of fused-ring (bicyclic) bond motifs is 1. The maximum atomic E-state index is 5.70. The Morgan fingerprint density at radius 1 is 1.29 bits per heavy atom. The molecule has 90 valence electrons. The molecule has 1 aliphatic heterocycles. The number of piperidine rings is 1. The van der Waals surface area contributed by atoms with E-state index >= 15 is 0 Å². The molecule has 0 saturated carbocycles. The van der Waals surface area contributed by atoms with E-state index in [0.29, 0.717) is 18.7 Å². The Morgan fingerprint density at radius 2 is 2.24 bits per heavy atom. The third-order valence-corrected chi connectivity index (χ3v) is 3.20. The number of rotatable bonds is 3. The van der Waals surface area contributed by atoms with Gasteiger partial charge in [-0.25, -0.2) is 0 Å². The van der Waals surface area contributed by atoms with Gasteiger partial charge in [0, 0.05) is 6.04 Å². The molecule has 0 amide bonds. The second-order valence-electron chi connectivity index (χ2n) is 4.52. The molecule has 2 N–H and O–H groups in total. The van der Waals surface area contributed by atoms with Crippen LogP contribution >= 0.6 is 0 Å². The number of H-pyrrole nitrogens is 1. The van der Waals surface area contributed by atoms with E-state index in [0.717, 1.165) is 17.6 Å². The first kappa shape index (κ1) is 10.6. The largest absolute Gasteiger partial charge is 0.463 e. The number of hydrogen-bond donors (Lipinski definition) is 2. The first-order valence-corrected chi connectivity index (χ1v) is 6.23. The standard InChI is InChI=1S/C13H17N3O/c1-2-7-12-11(6-1)15-13(16-12)17-9-10-5-3-4-8-14-10/h1-2,6-7,10,14H,3-5,8-9H2,(H,15,16)/t10-/m1/s1. The molecule has 1 saturated heterocycles. The molecule has 4 nitrogen and oxygen atoms in total. The van der Waals surface area contributed by atoms with Crippen LogP contribution in [0.2, 0.25) is 0 Å². The Balaban J connectivity index is 1.64. The van der Waals surface area contributed by atoms with Crippen molar-refractivity contribution in [1.82, 2.24) is 15.3 Å². The van der Waals surface area contributed by atoms with Crippen molar-refractivity contribution < 1.29 is 4.74 Å². The van der Waals surface area contributed by atoms with Crippen molar-refractivity contribution in [2.24, 2.45) is 0 Å². The minimum atomic E-state index is 0.469. The molecule has 0 aliphatic carbocycles. The van der Waals surface area contributed by atoms with Gasteiger partial charge in [-0.15, -0.1) is 0 Å². The fourth-order valence-corrected chi connectivity index (χ4v) is 2.24. The molecule has 0 radical (unpaired) electrons. The molecular weight excluding hydrogens is 214 g/mol. The van der Waals surface area contributed by atoms with Gasteiger partial charge in [0.25, 0.3) is 6.01 Å². The minimum absolute atomic E-state index is 0.469. The summed E-state index contributed by atoms with van der Waals surface area (Å²) in [6, 6.07) is 9.06. The van der Waals surface area contributed by atoms with E-state index in [4.69, 9.17) is 4.74 Å². The quantitative estimate of drug-likeness (QED) is 0.850. The zero-order valence-corrected chi connectivity index (χ0v) is 9.78. The maximum Gasteiger partial charge on any atom is 0.294 e. The Labute approximate surface area is 100 Å². The number of benzene rings is 1. The topological polar surface area (TPSA) is 49.9 Å². The maximum absolute atomic E-state index is 5.70. The molecule has 2 aromatic rings. The number of aromatic nitrogens is 2. The molecule has 1 atom stereocenters. The normalized spacial score (nSPS) is 20.6. The molecule has 0 spiro atoms. The average molecular weight is 231 g/mol. The van der Waals surface area contributed by atoms with Crippen molar-refractivity contribution in [2.45, 2.75) is 25.3 Å². The molecule has 3 rings (SSSR count). The Hall–Kier alpha value is -1.55. The summed E-state index contributed by atoms with van der Waals surface area (Å²) in [5, 5.41) is 3.46. The van der Waals surface area contributed by atoms with Crippen molar-refractivity contribution in [3.63, 3.8) is 0 Å². The Kier molecular flexibility index (Phi) is 2.96. The number of nitrogens with zero attached hydrogens (tertiary/aromatic N) is 1. The van der Waals surface area contributed by atoms with Crippen molar-refractivity contribution >= 4 is 11.0 Å². The van der Waals surface area contributed by atoms with Crippen LogP contribution in [0.4, 0.5) is 0 Å². The van der Waals surface area contributed by atoms with Gasteiger partial charge < -0.3 is 15.0 Å². The lowest BCUT2D eigenvalue weighted by Crippen LogP contribution is -2.38. The van der Waals surface area contributed by atoms with Gasteiger partial charge in [0.15, 0.2) is 0 Å². The lowest BCUT2D eigenvalue weighted by atomic mass is 10.1. The predicted molar refractivity (Wildman–Crippen MR) is 67.2 cm³/mol. The first-order valence-electron chi connectivity index (χ1n) is 6.23.